The molecule has 4 aromatic carbocycles. The Morgan fingerprint density at radius 1 is 0.654 bits per heavy atom. The second-order valence-electron chi connectivity index (χ2n) is 6.96. The summed E-state index contributed by atoms with van der Waals surface area (Å²) in [5.74, 6) is 0.424. The maximum atomic E-state index is 6.12. The van der Waals surface area contributed by atoms with E-state index < -0.39 is 0 Å². The Labute approximate surface area is 160 Å². The van der Waals surface area contributed by atoms with Gasteiger partial charge in [-0.15, -0.1) is 0 Å². The molecule has 0 aromatic heterocycles. The van der Waals surface area contributed by atoms with E-state index in [1.165, 1.54) is 38.6 Å². The Balaban J connectivity index is 2.09. The van der Waals surface area contributed by atoms with Crippen molar-refractivity contribution in [3.8, 4) is 22.3 Å². The molecule has 0 unspecified atom stereocenters. The van der Waals surface area contributed by atoms with Gasteiger partial charge in [0.05, 0.1) is 0 Å². The van der Waals surface area contributed by atoms with Crippen molar-refractivity contribution in [2.45, 2.75) is 19.8 Å². The molecule has 26 heavy (non-hydrogen) atoms. The summed E-state index contributed by atoms with van der Waals surface area (Å²) in [6, 6.07) is 29.9. The number of fused-ring (bicyclic) bond motifs is 1. The molecule has 0 aliphatic heterocycles. The minimum Gasteiger partial charge on any atom is -0.0843 e. The van der Waals surface area contributed by atoms with Crippen LogP contribution in [0.25, 0.3) is 33.0 Å². The summed E-state index contributed by atoms with van der Waals surface area (Å²) in [5, 5.41) is 3.35. The van der Waals surface area contributed by atoms with Gasteiger partial charge in [0.1, 0.15) is 0 Å². The van der Waals surface area contributed by atoms with E-state index in [1.54, 1.807) is 0 Å². The highest BCUT2D eigenvalue weighted by atomic mass is 35.5. The van der Waals surface area contributed by atoms with Crippen molar-refractivity contribution in [1.82, 2.24) is 0 Å². The van der Waals surface area contributed by atoms with Gasteiger partial charge in [0, 0.05) is 5.02 Å². The third kappa shape index (κ3) is 3.02. The molecule has 0 saturated heterocycles. The predicted octanol–water partition coefficient (Wildman–Crippen LogP) is 7.95. The van der Waals surface area contributed by atoms with Gasteiger partial charge in [-0.2, -0.15) is 0 Å². The molecule has 0 N–H and O–H groups in total. The highest BCUT2D eigenvalue weighted by Gasteiger charge is 2.16. The normalized spacial score (nSPS) is 11.2. The fourth-order valence-electron chi connectivity index (χ4n) is 3.65. The monoisotopic (exact) mass is 356 g/mol. The van der Waals surface area contributed by atoms with Crippen LogP contribution < -0.4 is 0 Å². The second-order valence-corrected chi connectivity index (χ2v) is 7.40. The number of halogens is 1. The molecule has 0 radical (unpaired) electrons. The molecule has 0 bridgehead atoms. The Morgan fingerprint density at radius 3 is 1.92 bits per heavy atom. The Bertz CT molecular complexity index is 1040. The zero-order valence-corrected chi connectivity index (χ0v) is 15.8. The fraction of sp³-hybridized carbons (Fsp3) is 0.120. The van der Waals surface area contributed by atoms with Crippen molar-refractivity contribution in [2.75, 3.05) is 0 Å². The first-order valence-electron chi connectivity index (χ1n) is 9.02. The van der Waals surface area contributed by atoms with Gasteiger partial charge in [0.15, 0.2) is 0 Å². The number of benzene rings is 4. The van der Waals surface area contributed by atoms with Gasteiger partial charge >= 0.3 is 0 Å². The van der Waals surface area contributed by atoms with Crippen LogP contribution >= 0.6 is 11.6 Å². The zero-order valence-electron chi connectivity index (χ0n) is 15.0. The summed E-state index contributed by atoms with van der Waals surface area (Å²) >= 11 is 6.12. The average molecular weight is 357 g/mol. The highest BCUT2D eigenvalue weighted by Crippen LogP contribution is 2.41. The van der Waals surface area contributed by atoms with Crippen LogP contribution in [0.3, 0.4) is 0 Å². The van der Waals surface area contributed by atoms with Crippen LogP contribution in [0.2, 0.25) is 5.02 Å². The van der Waals surface area contributed by atoms with Crippen LogP contribution in [0, 0.1) is 0 Å². The molecule has 0 aliphatic rings. The SMILES string of the molecule is CC(C)c1cc(-c2ccccc2)c2ccccc2c1-c1ccc(Cl)cc1. The van der Waals surface area contributed by atoms with Crippen molar-refractivity contribution >= 4 is 22.4 Å². The zero-order chi connectivity index (χ0) is 18.1. The van der Waals surface area contributed by atoms with Crippen LogP contribution in [0.1, 0.15) is 25.3 Å². The first-order valence-corrected chi connectivity index (χ1v) is 9.40. The van der Waals surface area contributed by atoms with Gasteiger partial charge in [0.25, 0.3) is 0 Å². The predicted molar refractivity (Wildman–Crippen MR) is 114 cm³/mol. The minimum atomic E-state index is 0.424. The van der Waals surface area contributed by atoms with E-state index in [4.69, 9.17) is 11.6 Å². The van der Waals surface area contributed by atoms with Crippen molar-refractivity contribution in [3.05, 3.63) is 95.5 Å². The molecule has 0 heterocycles. The topological polar surface area (TPSA) is 0 Å². The molecule has 0 fully saturated rings. The Kier molecular flexibility index (Phi) is 4.53. The smallest absolute Gasteiger partial charge is 0.0406 e. The second kappa shape index (κ2) is 6.97. The third-order valence-corrected chi connectivity index (χ3v) is 5.17. The van der Waals surface area contributed by atoms with Crippen LogP contribution in [-0.2, 0) is 0 Å². The lowest BCUT2D eigenvalue weighted by Gasteiger charge is -2.20. The molecule has 4 aromatic rings. The molecule has 0 aliphatic carbocycles. The highest BCUT2D eigenvalue weighted by molar-refractivity contribution is 6.30. The molecule has 1 heteroatoms. The summed E-state index contributed by atoms with van der Waals surface area (Å²) in [7, 11) is 0. The molecule has 0 spiro atoms. The molecule has 4 rings (SSSR count). The van der Waals surface area contributed by atoms with Crippen LogP contribution in [0.4, 0.5) is 0 Å². The van der Waals surface area contributed by atoms with E-state index in [0.717, 1.165) is 5.02 Å². The molecule has 0 atom stereocenters. The van der Waals surface area contributed by atoms with Crippen LogP contribution in [0.5, 0.6) is 0 Å². The lowest BCUT2D eigenvalue weighted by atomic mass is 9.84. The van der Waals surface area contributed by atoms with Crippen molar-refractivity contribution in [3.63, 3.8) is 0 Å². The summed E-state index contributed by atoms with van der Waals surface area (Å²) < 4.78 is 0. The Morgan fingerprint density at radius 2 is 1.27 bits per heavy atom. The van der Waals surface area contributed by atoms with E-state index in [0.29, 0.717) is 5.92 Å². The quantitative estimate of drug-likeness (QED) is 0.349. The van der Waals surface area contributed by atoms with Crippen molar-refractivity contribution in [1.29, 1.82) is 0 Å². The van der Waals surface area contributed by atoms with E-state index >= 15 is 0 Å². The van der Waals surface area contributed by atoms with E-state index in [2.05, 4.69) is 86.6 Å². The van der Waals surface area contributed by atoms with Crippen molar-refractivity contribution in [2.24, 2.45) is 0 Å². The first kappa shape index (κ1) is 16.9. The van der Waals surface area contributed by atoms with Gasteiger partial charge in [-0.05, 0) is 62.7 Å². The van der Waals surface area contributed by atoms with Crippen molar-refractivity contribution < 1.29 is 0 Å². The number of rotatable bonds is 3. The first-order chi connectivity index (χ1) is 12.6. The molecular formula is C25H21Cl. The number of hydrogen-bond donors (Lipinski definition) is 0. The van der Waals surface area contributed by atoms with Gasteiger partial charge in [0.2, 0.25) is 0 Å². The summed E-state index contributed by atoms with van der Waals surface area (Å²) in [4.78, 5) is 0. The molecule has 0 nitrogen and oxygen atoms in total. The van der Waals surface area contributed by atoms with Gasteiger partial charge < -0.3 is 0 Å². The molecular weight excluding hydrogens is 336 g/mol. The average Bonchev–Trinajstić information content (AvgIpc) is 2.68. The number of hydrogen-bond acceptors (Lipinski definition) is 0. The summed E-state index contributed by atoms with van der Waals surface area (Å²) in [6.45, 7) is 4.52. The van der Waals surface area contributed by atoms with Crippen LogP contribution in [-0.4, -0.2) is 0 Å². The van der Waals surface area contributed by atoms with Gasteiger partial charge in [-0.1, -0.05) is 92.2 Å². The van der Waals surface area contributed by atoms with E-state index in [1.807, 2.05) is 12.1 Å². The van der Waals surface area contributed by atoms with Gasteiger partial charge in [-0.25, -0.2) is 0 Å². The van der Waals surface area contributed by atoms with E-state index in [-0.39, 0.29) is 0 Å². The minimum absolute atomic E-state index is 0.424. The summed E-state index contributed by atoms with van der Waals surface area (Å²) in [6.07, 6.45) is 0. The maximum Gasteiger partial charge on any atom is 0.0406 e. The molecule has 128 valence electrons. The standard InChI is InChI=1S/C25H21Cl/c1-17(2)23-16-24(18-8-4-3-5-9-18)21-10-6-7-11-22(21)25(23)19-12-14-20(26)15-13-19/h3-17H,1-2H3. The third-order valence-electron chi connectivity index (χ3n) is 4.91. The maximum absolute atomic E-state index is 6.12. The largest absolute Gasteiger partial charge is 0.0843 e. The lowest BCUT2D eigenvalue weighted by molar-refractivity contribution is 0.871. The molecule has 0 saturated carbocycles. The lowest BCUT2D eigenvalue weighted by Crippen LogP contribution is -1.96. The van der Waals surface area contributed by atoms with E-state index in [9.17, 15) is 0 Å². The molecule has 0 amide bonds. The fourth-order valence-corrected chi connectivity index (χ4v) is 3.77. The summed E-state index contributed by atoms with van der Waals surface area (Å²) in [5.41, 5.74) is 6.45. The Hall–Kier alpha value is -2.57. The van der Waals surface area contributed by atoms with Crippen LogP contribution in [0.15, 0.2) is 84.9 Å². The van der Waals surface area contributed by atoms with Gasteiger partial charge in [-0.3, -0.25) is 0 Å².